The molecule has 0 spiro atoms. The molecule has 0 aliphatic carbocycles. The molecule has 2 aromatic rings. The third-order valence-electron chi connectivity index (χ3n) is 1.99. The average Bonchev–Trinajstić information content (AvgIpc) is 2.16. The number of nitrogens with zero attached hydrogens (tertiary/aromatic N) is 1. The van der Waals surface area contributed by atoms with E-state index in [0.717, 1.165) is 10.8 Å². The summed E-state index contributed by atoms with van der Waals surface area (Å²) in [4.78, 5) is 15.0. The first-order valence-electron chi connectivity index (χ1n) is 4.13. The predicted octanol–water partition coefficient (Wildman–Crippen LogP) is 0.916. The molecule has 1 aromatic carbocycles. The second-order valence-electron chi connectivity index (χ2n) is 2.98. The van der Waals surface area contributed by atoms with Crippen molar-refractivity contribution in [1.29, 1.82) is 0 Å². The van der Waals surface area contributed by atoms with Gasteiger partial charge in [-0.3, -0.25) is 4.79 Å². The first kappa shape index (κ1) is 8.50. The van der Waals surface area contributed by atoms with Gasteiger partial charge in [0.05, 0.1) is 0 Å². The molecule has 1 amide bonds. The number of aromatic nitrogens is 1. The number of amides is 1. The van der Waals surface area contributed by atoms with Gasteiger partial charge in [-0.05, 0) is 11.5 Å². The molecule has 0 fully saturated rings. The van der Waals surface area contributed by atoms with Crippen molar-refractivity contribution in [3.8, 4) is 0 Å². The molecule has 4 heteroatoms. The van der Waals surface area contributed by atoms with Gasteiger partial charge in [0.1, 0.15) is 11.5 Å². The molecule has 0 atom stereocenters. The van der Waals surface area contributed by atoms with Crippen LogP contribution in [0.5, 0.6) is 0 Å². The van der Waals surface area contributed by atoms with Crippen molar-refractivity contribution < 1.29 is 4.79 Å². The molecular formula is C10H9N3O. The second kappa shape index (κ2) is 2.99. The summed E-state index contributed by atoms with van der Waals surface area (Å²) in [6.45, 7) is 0. The van der Waals surface area contributed by atoms with Crippen molar-refractivity contribution in [2.24, 2.45) is 5.73 Å². The predicted molar refractivity (Wildman–Crippen MR) is 54.7 cm³/mol. The maximum Gasteiger partial charge on any atom is 0.268 e. The summed E-state index contributed by atoms with van der Waals surface area (Å²) >= 11 is 0. The molecule has 0 saturated heterocycles. The van der Waals surface area contributed by atoms with E-state index in [2.05, 4.69) is 4.98 Å². The van der Waals surface area contributed by atoms with E-state index in [1.165, 1.54) is 0 Å². The summed E-state index contributed by atoms with van der Waals surface area (Å²) in [6.07, 6.45) is 0. The van der Waals surface area contributed by atoms with Gasteiger partial charge < -0.3 is 11.5 Å². The zero-order chi connectivity index (χ0) is 10.1. The van der Waals surface area contributed by atoms with E-state index in [1.807, 2.05) is 18.2 Å². The van der Waals surface area contributed by atoms with Gasteiger partial charge >= 0.3 is 0 Å². The van der Waals surface area contributed by atoms with Crippen molar-refractivity contribution in [2.45, 2.75) is 0 Å². The maximum atomic E-state index is 11.1. The molecule has 0 saturated carbocycles. The summed E-state index contributed by atoms with van der Waals surface area (Å²) in [5, 5.41) is 1.60. The number of rotatable bonds is 1. The van der Waals surface area contributed by atoms with Crippen LogP contribution in [-0.4, -0.2) is 10.9 Å². The minimum Gasteiger partial charge on any atom is -0.384 e. The Labute approximate surface area is 80.5 Å². The minimum absolute atomic E-state index is 0.223. The Morgan fingerprint density at radius 3 is 2.71 bits per heavy atom. The van der Waals surface area contributed by atoms with Crippen LogP contribution < -0.4 is 11.5 Å². The smallest absolute Gasteiger partial charge is 0.268 e. The molecular weight excluding hydrogens is 178 g/mol. The van der Waals surface area contributed by atoms with Crippen LogP contribution in [0.4, 0.5) is 5.82 Å². The van der Waals surface area contributed by atoms with Crippen LogP contribution in [0.25, 0.3) is 10.8 Å². The first-order valence-corrected chi connectivity index (χ1v) is 4.13. The molecule has 0 aliphatic rings. The van der Waals surface area contributed by atoms with Gasteiger partial charge in [0.15, 0.2) is 0 Å². The standard InChI is InChI=1S/C10H9N3O/c11-8-5-6-3-1-2-4-7(6)9(13-8)10(12)14/h1-5H,(H2,11,13)(H2,12,14). The molecule has 0 aliphatic heterocycles. The van der Waals surface area contributed by atoms with Crippen LogP contribution in [-0.2, 0) is 0 Å². The fourth-order valence-electron chi connectivity index (χ4n) is 1.41. The Hall–Kier alpha value is -2.10. The van der Waals surface area contributed by atoms with Gasteiger partial charge in [-0.1, -0.05) is 24.3 Å². The lowest BCUT2D eigenvalue weighted by Gasteiger charge is -2.03. The lowest BCUT2D eigenvalue weighted by atomic mass is 10.1. The number of pyridine rings is 1. The van der Waals surface area contributed by atoms with Crippen LogP contribution >= 0.6 is 0 Å². The van der Waals surface area contributed by atoms with E-state index in [1.54, 1.807) is 12.1 Å². The highest BCUT2D eigenvalue weighted by Gasteiger charge is 2.08. The normalized spacial score (nSPS) is 10.3. The van der Waals surface area contributed by atoms with E-state index in [-0.39, 0.29) is 5.69 Å². The van der Waals surface area contributed by atoms with E-state index < -0.39 is 5.91 Å². The summed E-state index contributed by atoms with van der Waals surface area (Å²) in [5.74, 6) is -0.258. The summed E-state index contributed by atoms with van der Waals surface area (Å²) in [6, 6.07) is 9.06. The Balaban J connectivity index is 2.87. The molecule has 1 aromatic heterocycles. The summed E-state index contributed by atoms with van der Waals surface area (Å²) < 4.78 is 0. The van der Waals surface area contributed by atoms with Gasteiger partial charge in [0, 0.05) is 5.39 Å². The average molecular weight is 187 g/mol. The Morgan fingerprint density at radius 1 is 1.29 bits per heavy atom. The van der Waals surface area contributed by atoms with Crippen molar-refractivity contribution in [3.05, 3.63) is 36.0 Å². The minimum atomic E-state index is -0.562. The zero-order valence-electron chi connectivity index (χ0n) is 7.40. The number of fused-ring (bicyclic) bond motifs is 1. The molecule has 70 valence electrons. The zero-order valence-corrected chi connectivity index (χ0v) is 7.40. The van der Waals surface area contributed by atoms with E-state index >= 15 is 0 Å². The first-order chi connectivity index (χ1) is 6.68. The Bertz CT molecular complexity index is 508. The monoisotopic (exact) mass is 187 g/mol. The quantitative estimate of drug-likeness (QED) is 0.696. The van der Waals surface area contributed by atoms with Gasteiger partial charge in [-0.25, -0.2) is 4.98 Å². The fraction of sp³-hybridized carbons (Fsp3) is 0. The molecule has 4 nitrogen and oxygen atoms in total. The summed E-state index contributed by atoms with van der Waals surface area (Å²) in [7, 11) is 0. The molecule has 0 radical (unpaired) electrons. The number of carbonyl (C=O) groups is 1. The van der Waals surface area contributed by atoms with Crippen molar-refractivity contribution in [1.82, 2.24) is 4.98 Å². The summed E-state index contributed by atoms with van der Waals surface area (Å²) in [5.41, 5.74) is 11.0. The molecule has 0 unspecified atom stereocenters. The van der Waals surface area contributed by atoms with E-state index in [4.69, 9.17) is 11.5 Å². The molecule has 14 heavy (non-hydrogen) atoms. The van der Waals surface area contributed by atoms with Gasteiger partial charge in [-0.2, -0.15) is 0 Å². The number of primary amides is 1. The lowest BCUT2D eigenvalue weighted by Crippen LogP contribution is -2.14. The number of carbonyl (C=O) groups excluding carboxylic acids is 1. The fourth-order valence-corrected chi connectivity index (χ4v) is 1.41. The lowest BCUT2D eigenvalue weighted by molar-refractivity contribution is 0.0997. The Morgan fingerprint density at radius 2 is 2.00 bits per heavy atom. The van der Waals surface area contributed by atoms with Crippen LogP contribution in [0.3, 0.4) is 0 Å². The Kier molecular flexibility index (Phi) is 1.81. The highest BCUT2D eigenvalue weighted by Crippen LogP contribution is 2.18. The van der Waals surface area contributed by atoms with E-state index in [9.17, 15) is 4.79 Å². The SMILES string of the molecule is NC(=O)c1nc(N)cc2ccccc12. The van der Waals surface area contributed by atoms with Crippen LogP contribution in [0.1, 0.15) is 10.5 Å². The molecule has 4 N–H and O–H groups in total. The number of hydrogen-bond acceptors (Lipinski definition) is 3. The van der Waals surface area contributed by atoms with E-state index in [0.29, 0.717) is 5.82 Å². The van der Waals surface area contributed by atoms with Crippen molar-refractivity contribution in [2.75, 3.05) is 5.73 Å². The maximum absolute atomic E-state index is 11.1. The number of anilines is 1. The van der Waals surface area contributed by atoms with Gasteiger partial charge in [-0.15, -0.1) is 0 Å². The molecule has 1 heterocycles. The number of nitrogens with two attached hydrogens (primary N) is 2. The number of nitrogen functional groups attached to an aromatic ring is 1. The van der Waals surface area contributed by atoms with Gasteiger partial charge in [0.2, 0.25) is 0 Å². The van der Waals surface area contributed by atoms with Crippen LogP contribution in [0.2, 0.25) is 0 Å². The molecule has 2 rings (SSSR count). The van der Waals surface area contributed by atoms with Crippen LogP contribution in [0.15, 0.2) is 30.3 Å². The number of benzene rings is 1. The highest BCUT2D eigenvalue weighted by atomic mass is 16.1. The second-order valence-corrected chi connectivity index (χ2v) is 2.98. The van der Waals surface area contributed by atoms with Crippen LogP contribution in [0, 0.1) is 0 Å². The van der Waals surface area contributed by atoms with Crippen molar-refractivity contribution >= 4 is 22.5 Å². The molecule has 0 bridgehead atoms. The largest absolute Gasteiger partial charge is 0.384 e. The van der Waals surface area contributed by atoms with Crippen molar-refractivity contribution in [3.63, 3.8) is 0 Å². The number of hydrogen-bond donors (Lipinski definition) is 2. The highest BCUT2D eigenvalue weighted by molar-refractivity contribution is 6.05. The topological polar surface area (TPSA) is 82.0 Å². The third kappa shape index (κ3) is 1.26. The van der Waals surface area contributed by atoms with Gasteiger partial charge in [0.25, 0.3) is 5.91 Å². The third-order valence-corrected chi connectivity index (χ3v) is 1.99.